The van der Waals surface area contributed by atoms with Crippen molar-refractivity contribution in [2.45, 2.75) is 39.7 Å². The largest absolute Gasteiger partial charge is 0.355 e. The van der Waals surface area contributed by atoms with Gasteiger partial charge in [-0.3, -0.25) is 0 Å². The molecule has 0 radical (unpaired) electrons. The molecular weight excluding hydrogens is 224 g/mol. The number of anilines is 1. The lowest BCUT2D eigenvalue weighted by Crippen LogP contribution is -2.26. The van der Waals surface area contributed by atoms with Crippen molar-refractivity contribution < 1.29 is 0 Å². The van der Waals surface area contributed by atoms with Gasteiger partial charge >= 0.3 is 0 Å². The standard InChI is InChI=1S/C14H24N4/c1-11(2)12-4-3-8-18(9-7-12)14-6-5-13(10-15)16-17-14/h5-6,11-12H,3-4,7-10,15H2,1-2H3. The summed E-state index contributed by atoms with van der Waals surface area (Å²) >= 11 is 0. The minimum atomic E-state index is 0.461. The third-order valence-electron chi connectivity index (χ3n) is 3.95. The zero-order valence-corrected chi connectivity index (χ0v) is 11.5. The summed E-state index contributed by atoms with van der Waals surface area (Å²) in [5.41, 5.74) is 6.39. The molecular formula is C14H24N4. The fraction of sp³-hybridized carbons (Fsp3) is 0.714. The van der Waals surface area contributed by atoms with Gasteiger partial charge in [-0.15, -0.1) is 5.10 Å². The molecule has 0 bridgehead atoms. The van der Waals surface area contributed by atoms with Crippen LogP contribution < -0.4 is 10.6 Å². The van der Waals surface area contributed by atoms with Crippen molar-refractivity contribution in [3.05, 3.63) is 17.8 Å². The van der Waals surface area contributed by atoms with Crippen molar-refractivity contribution in [1.82, 2.24) is 10.2 Å². The fourth-order valence-electron chi connectivity index (χ4n) is 2.65. The van der Waals surface area contributed by atoms with Gasteiger partial charge in [-0.1, -0.05) is 13.8 Å². The first-order valence-electron chi connectivity index (χ1n) is 6.98. The van der Waals surface area contributed by atoms with E-state index in [1.807, 2.05) is 12.1 Å². The van der Waals surface area contributed by atoms with Crippen LogP contribution in [0, 0.1) is 11.8 Å². The maximum Gasteiger partial charge on any atom is 0.151 e. The van der Waals surface area contributed by atoms with E-state index in [1.54, 1.807) is 0 Å². The number of rotatable bonds is 3. The fourth-order valence-corrected chi connectivity index (χ4v) is 2.65. The van der Waals surface area contributed by atoms with Crippen LogP contribution >= 0.6 is 0 Å². The second kappa shape index (κ2) is 6.14. The molecule has 1 unspecified atom stereocenters. The van der Waals surface area contributed by atoms with Crippen molar-refractivity contribution >= 4 is 5.82 Å². The summed E-state index contributed by atoms with van der Waals surface area (Å²) in [6.45, 7) is 7.31. The molecule has 1 aromatic rings. The minimum Gasteiger partial charge on any atom is -0.355 e. The van der Waals surface area contributed by atoms with Gasteiger partial charge in [0, 0.05) is 19.6 Å². The Bertz CT molecular complexity index is 361. The predicted molar refractivity (Wildman–Crippen MR) is 74.3 cm³/mol. The van der Waals surface area contributed by atoms with Gasteiger partial charge in [0.05, 0.1) is 5.69 Å². The van der Waals surface area contributed by atoms with Gasteiger partial charge in [-0.05, 0) is 43.2 Å². The zero-order chi connectivity index (χ0) is 13.0. The lowest BCUT2D eigenvalue weighted by molar-refractivity contribution is 0.351. The van der Waals surface area contributed by atoms with Crippen LogP contribution in [0.3, 0.4) is 0 Å². The van der Waals surface area contributed by atoms with Crippen molar-refractivity contribution in [1.29, 1.82) is 0 Å². The Morgan fingerprint density at radius 1 is 1.28 bits per heavy atom. The van der Waals surface area contributed by atoms with E-state index in [9.17, 15) is 0 Å². The van der Waals surface area contributed by atoms with Gasteiger partial charge in [0.25, 0.3) is 0 Å². The molecule has 4 heteroatoms. The number of hydrogen-bond donors (Lipinski definition) is 1. The topological polar surface area (TPSA) is 55.0 Å². The van der Waals surface area contributed by atoms with E-state index in [0.29, 0.717) is 6.54 Å². The molecule has 0 amide bonds. The van der Waals surface area contributed by atoms with E-state index in [0.717, 1.165) is 36.4 Å². The summed E-state index contributed by atoms with van der Waals surface area (Å²) in [6.07, 6.45) is 3.85. The minimum absolute atomic E-state index is 0.461. The zero-order valence-electron chi connectivity index (χ0n) is 11.5. The highest BCUT2D eigenvalue weighted by Crippen LogP contribution is 2.26. The van der Waals surface area contributed by atoms with E-state index in [1.165, 1.54) is 19.3 Å². The molecule has 0 spiro atoms. The third-order valence-corrected chi connectivity index (χ3v) is 3.95. The Morgan fingerprint density at radius 3 is 2.72 bits per heavy atom. The maximum absolute atomic E-state index is 5.54. The predicted octanol–water partition coefficient (Wildman–Crippen LogP) is 2.20. The van der Waals surface area contributed by atoms with Crippen LogP contribution in [0.1, 0.15) is 38.8 Å². The number of nitrogens with two attached hydrogens (primary N) is 1. The Morgan fingerprint density at radius 2 is 2.11 bits per heavy atom. The van der Waals surface area contributed by atoms with Crippen molar-refractivity contribution in [2.24, 2.45) is 17.6 Å². The Balaban J connectivity index is 2.00. The van der Waals surface area contributed by atoms with Crippen LogP contribution in [0.25, 0.3) is 0 Å². The summed E-state index contributed by atoms with van der Waals surface area (Å²) in [7, 11) is 0. The van der Waals surface area contributed by atoms with Crippen LogP contribution in [0.5, 0.6) is 0 Å². The molecule has 1 atom stereocenters. The van der Waals surface area contributed by atoms with Crippen molar-refractivity contribution in [3.8, 4) is 0 Å². The average Bonchev–Trinajstić information content (AvgIpc) is 2.64. The average molecular weight is 248 g/mol. The smallest absolute Gasteiger partial charge is 0.151 e. The lowest BCUT2D eigenvalue weighted by Gasteiger charge is -2.22. The van der Waals surface area contributed by atoms with Crippen LogP contribution in [-0.2, 0) is 6.54 Å². The summed E-state index contributed by atoms with van der Waals surface area (Å²) < 4.78 is 0. The Labute approximate surface area is 110 Å². The highest BCUT2D eigenvalue weighted by atomic mass is 15.3. The number of aromatic nitrogens is 2. The highest BCUT2D eigenvalue weighted by molar-refractivity contribution is 5.37. The van der Waals surface area contributed by atoms with Gasteiger partial charge in [0.2, 0.25) is 0 Å². The second-order valence-electron chi connectivity index (χ2n) is 5.51. The second-order valence-corrected chi connectivity index (χ2v) is 5.51. The first-order chi connectivity index (χ1) is 8.70. The molecule has 2 N–H and O–H groups in total. The van der Waals surface area contributed by atoms with E-state index in [4.69, 9.17) is 5.73 Å². The van der Waals surface area contributed by atoms with E-state index in [-0.39, 0.29) is 0 Å². The summed E-state index contributed by atoms with van der Waals surface area (Å²) in [5, 5.41) is 8.42. The molecule has 0 aliphatic carbocycles. The van der Waals surface area contributed by atoms with Gasteiger partial charge in [0.1, 0.15) is 0 Å². The molecule has 1 aliphatic rings. The Kier molecular flexibility index (Phi) is 4.53. The first-order valence-corrected chi connectivity index (χ1v) is 6.98. The van der Waals surface area contributed by atoms with E-state index in [2.05, 4.69) is 28.9 Å². The van der Waals surface area contributed by atoms with E-state index >= 15 is 0 Å². The SMILES string of the molecule is CC(C)C1CCCN(c2ccc(CN)nn2)CC1. The monoisotopic (exact) mass is 248 g/mol. The molecule has 2 heterocycles. The third kappa shape index (κ3) is 3.19. The van der Waals surface area contributed by atoms with Crippen LogP contribution in [-0.4, -0.2) is 23.3 Å². The van der Waals surface area contributed by atoms with Gasteiger partial charge < -0.3 is 10.6 Å². The molecule has 18 heavy (non-hydrogen) atoms. The molecule has 2 rings (SSSR count). The van der Waals surface area contributed by atoms with Gasteiger partial charge in [-0.2, -0.15) is 5.10 Å². The summed E-state index contributed by atoms with van der Waals surface area (Å²) in [6, 6.07) is 4.03. The molecule has 1 fully saturated rings. The molecule has 1 aromatic heterocycles. The van der Waals surface area contributed by atoms with Crippen molar-refractivity contribution in [2.75, 3.05) is 18.0 Å². The summed E-state index contributed by atoms with van der Waals surface area (Å²) in [4.78, 5) is 2.36. The molecule has 1 aliphatic heterocycles. The van der Waals surface area contributed by atoms with Crippen LogP contribution in [0.2, 0.25) is 0 Å². The van der Waals surface area contributed by atoms with Gasteiger partial charge in [-0.25, -0.2) is 0 Å². The molecule has 4 nitrogen and oxygen atoms in total. The van der Waals surface area contributed by atoms with Crippen LogP contribution in [0.4, 0.5) is 5.82 Å². The lowest BCUT2D eigenvalue weighted by atomic mass is 9.89. The van der Waals surface area contributed by atoms with E-state index < -0.39 is 0 Å². The van der Waals surface area contributed by atoms with Gasteiger partial charge in [0.15, 0.2) is 5.82 Å². The molecule has 0 saturated carbocycles. The number of nitrogens with zero attached hydrogens (tertiary/aromatic N) is 3. The maximum atomic E-state index is 5.54. The molecule has 0 aromatic carbocycles. The highest BCUT2D eigenvalue weighted by Gasteiger charge is 2.20. The molecule has 100 valence electrons. The normalized spacial score (nSPS) is 21.1. The quantitative estimate of drug-likeness (QED) is 0.891. The Hall–Kier alpha value is -1.16. The van der Waals surface area contributed by atoms with Crippen LogP contribution in [0.15, 0.2) is 12.1 Å². The van der Waals surface area contributed by atoms with Crippen molar-refractivity contribution in [3.63, 3.8) is 0 Å². The molecule has 1 saturated heterocycles. The summed E-state index contributed by atoms with van der Waals surface area (Å²) in [5.74, 6) is 2.64. The number of hydrogen-bond acceptors (Lipinski definition) is 4. The first kappa shape index (κ1) is 13.3.